The Hall–Kier alpha value is -2.80. The summed E-state index contributed by atoms with van der Waals surface area (Å²) < 4.78 is 5.38. The smallest absolute Gasteiger partial charge is 0.339 e. The minimum Gasteiger partial charge on any atom is -0.452 e. The lowest BCUT2D eigenvalue weighted by Crippen LogP contribution is -2.22. The Bertz CT molecular complexity index is 1000. The SMILES string of the molecule is O=C(COC(=O)c1c2c(nc3ccccc13)CCCCCC2)Nc1nccs1. The van der Waals surface area contributed by atoms with Crippen molar-refractivity contribution < 1.29 is 14.3 Å². The number of rotatable bonds is 4. The molecule has 0 unspecified atom stereocenters. The molecule has 0 fully saturated rings. The number of amides is 1. The van der Waals surface area contributed by atoms with Crippen LogP contribution in [0.4, 0.5) is 5.13 Å². The normalized spacial score (nSPS) is 14.0. The van der Waals surface area contributed by atoms with Crippen molar-refractivity contribution in [2.75, 3.05) is 11.9 Å². The zero-order chi connectivity index (χ0) is 19.3. The van der Waals surface area contributed by atoms with E-state index in [0.717, 1.165) is 54.3 Å². The van der Waals surface area contributed by atoms with Crippen molar-refractivity contribution in [2.24, 2.45) is 0 Å². The molecule has 1 N–H and O–H groups in total. The molecule has 3 aromatic rings. The highest BCUT2D eigenvalue weighted by Crippen LogP contribution is 2.29. The van der Waals surface area contributed by atoms with Crippen molar-refractivity contribution in [1.82, 2.24) is 9.97 Å². The number of aryl methyl sites for hydroxylation is 1. The predicted octanol–water partition coefficient (Wildman–Crippen LogP) is 4.15. The van der Waals surface area contributed by atoms with E-state index in [1.165, 1.54) is 17.8 Å². The van der Waals surface area contributed by atoms with E-state index in [-0.39, 0.29) is 6.61 Å². The van der Waals surface area contributed by atoms with Gasteiger partial charge < -0.3 is 4.74 Å². The number of aromatic nitrogens is 2. The van der Waals surface area contributed by atoms with Gasteiger partial charge in [-0.25, -0.2) is 9.78 Å². The summed E-state index contributed by atoms with van der Waals surface area (Å²) in [6.45, 7) is -0.343. The van der Waals surface area contributed by atoms with Crippen molar-refractivity contribution >= 4 is 39.2 Å². The summed E-state index contributed by atoms with van der Waals surface area (Å²) in [5, 5.41) is 5.66. The Labute approximate surface area is 167 Å². The minimum absolute atomic E-state index is 0.343. The Balaban J connectivity index is 1.61. The molecule has 2 heterocycles. The number of para-hydroxylation sites is 1. The number of fused-ring (bicyclic) bond motifs is 2. The van der Waals surface area contributed by atoms with E-state index < -0.39 is 11.9 Å². The first kappa shape index (κ1) is 18.6. The van der Waals surface area contributed by atoms with Gasteiger partial charge in [0.05, 0.1) is 11.1 Å². The Morgan fingerprint density at radius 3 is 2.75 bits per heavy atom. The number of nitrogens with one attached hydrogen (secondary N) is 1. The number of anilines is 1. The maximum Gasteiger partial charge on any atom is 0.339 e. The number of nitrogens with zero attached hydrogens (tertiary/aromatic N) is 2. The van der Waals surface area contributed by atoms with Gasteiger partial charge in [0.15, 0.2) is 11.7 Å². The van der Waals surface area contributed by atoms with E-state index >= 15 is 0 Å². The fourth-order valence-corrected chi connectivity index (χ4v) is 4.15. The Morgan fingerprint density at radius 1 is 1.11 bits per heavy atom. The summed E-state index contributed by atoms with van der Waals surface area (Å²) in [6.07, 6.45) is 7.71. The van der Waals surface area contributed by atoms with Gasteiger partial charge in [-0.3, -0.25) is 15.1 Å². The van der Waals surface area contributed by atoms with Crippen LogP contribution in [0.1, 0.15) is 47.3 Å². The van der Waals surface area contributed by atoms with Crippen molar-refractivity contribution in [3.05, 3.63) is 52.7 Å². The van der Waals surface area contributed by atoms with Crippen LogP contribution in [0.3, 0.4) is 0 Å². The molecule has 144 valence electrons. The van der Waals surface area contributed by atoms with Crippen LogP contribution in [0, 0.1) is 0 Å². The number of ether oxygens (including phenoxy) is 1. The summed E-state index contributed by atoms with van der Waals surface area (Å²) in [7, 11) is 0. The second kappa shape index (κ2) is 8.48. The number of hydrogen-bond acceptors (Lipinski definition) is 6. The van der Waals surface area contributed by atoms with Gasteiger partial charge in [-0.2, -0.15) is 0 Å². The molecule has 28 heavy (non-hydrogen) atoms. The third-order valence-corrected chi connectivity index (χ3v) is 5.57. The predicted molar refractivity (Wildman–Crippen MR) is 109 cm³/mol. The maximum absolute atomic E-state index is 13.0. The van der Waals surface area contributed by atoms with Crippen LogP contribution < -0.4 is 5.32 Å². The van der Waals surface area contributed by atoms with Crippen LogP contribution in [-0.2, 0) is 22.4 Å². The van der Waals surface area contributed by atoms with Crippen LogP contribution >= 0.6 is 11.3 Å². The average molecular weight is 395 g/mol. The van der Waals surface area contributed by atoms with Crippen molar-refractivity contribution in [3.8, 4) is 0 Å². The standard InChI is InChI=1S/C21H21N3O3S/c25-18(24-21-22-11-12-28-21)13-27-20(26)19-14-7-3-1-2-4-9-16(14)23-17-10-6-5-8-15(17)19/h5-6,8,10-12H,1-4,7,9,13H2,(H,22,24,25). The van der Waals surface area contributed by atoms with Gasteiger partial charge >= 0.3 is 5.97 Å². The summed E-state index contributed by atoms with van der Waals surface area (Å²) in [5.41, 5.74) is 3.31. The van der Waals surface area contributed by atoms with E-state index in [0.29, 0.717) is 10.7 Å². The first-order chi connectivity index (χ1) is 13.7. The molecule has 0 saturated heterocycles. The van der Waals surface area contributed by atoms with E-state index in [9.17, 15) is 9.59 Å². The zero-order valence-electron chi connectivity index (χ0n) is 15.4. The first-order valence-electron chi connectivity index (χ1n) is 9.49. The second-order valence-electron chi connectivity index (χ2n) is 6.80. The molecular weight excluding hydrogens is 374 g/mol. The average Bonchev–Trinajstić information content (AvgIpc) is 3.18. The minimum atomic E-state index is -0.468. The van der Waals surface area contributed by atoms with Crippen LogP contribution in [0.25, 0.3) is 10.9 Å². The molecular formula is C21H21N3O3S. The highest BCUT2D eigenvalue weighted by atomic mass is 32.1. The molecule has 1 amide bonds. The van der Waals surface area contributed by atoms with Gasteiger partial charge in [0.2, 0.25) is 0 Å². The van der Waals surface area contributed by atoms with Crippen LogP contribution in [-0.4, -0.2) is 28.5 Å². The van der Waals surface area contributed by atoms with Crippen LogP contribution in [0.2, 0.25) is 0 Å². The van der Waals surface area contributed by atoms with Crippen molar-refractivity contribution in [3.63, 3.8) is 0 Å². The lowest BCUT2D eigenvalue weighted by atomic mass is 9.91. The summed E-state index contributed by atoms with van der Waals surface area (Å²) >= 11 is 1.31. The van der Waals surface area contributed by atoms with E-state index in [1.54, 1.807) is 11.6 Å². The monoisotopic (exact) mass is 395 g/mol. The largest absolute Gasteiger partial charge is 0.452 e. The molecule has 7 heteroatoms. The van der Waals surface area contributed by atoms with Gasteiger partial charge in [-0.05, 0) is 37.3 Å². The molecule has 1 aliphatic rings. The third kappa shape index (κ3) is 4.04. The number of carbonyl (C=O) groups excluding carboxylic acids is 2. The molecule has 0 atom stereocenters. The van der Waals surface area contributed by atoms with Gasteiger partial charge in [0.25, 0.3) is 5.91 Å². The molecule has 4 rings (SSSR count). The zero-order valence-corrected chi connectivity index (χ0v) is 16.3. The highest BCUT2D eigenvalue weighted by Gasteiger charge is 2.23. The number of pyridine rings is 1. The third-order valence-electron chi connectivity index (χ3n) is 4.89. The fourth-order valence-electron chi connectivity index (χ4n) is 3.60. The van der Waals surface area contributed by atoms with E-state index in [4.69, 9.17) is 9.72 Å². The second-order valence-corrected chi connectivity index (χ2v) is 7.70. The summed E-state index contributed by atoms with van der Waals surface area (Å²) in [5.74, 6) is -0.866. The quantitative estimate of drug-likeness (QED) is 0.671. The molecule has 1 aliphatic carbocycles. The van der Waals surface area contributed by atoms with Crippen LogP contribution in [0.5, 0.6) is 0 Å². The number of carbonyl (C=O) groups is 2. The lowest BCUT2D eigenvalue weighted by molar-refractivity contribution is -0.119. The van der Waals surface area contributed by atoms with Gasteiger partial charge in [-0.15, -0.1) is 11.3 Å². The molecule has 0 radical (unpaired) electrons. The molecule has 1 aromatic carbocycles. The fraction of sp³-hybridized carbons (Fsp3) is 0.333. The van der Waals surface area contributed by atoms with E-state index in [1.807, 2.05) is 24.3 Å². The number of thiazole rings is 1. The van der Waals surface area contributed by atoms with Gasteiger partial charge in [0.1, 0.15) is 0 Å². The summed E-state index contributed by atoms with van der Waals surface area (Å²) in [4.78, 5) is 33.9. The molecule has 2 aromatic heterocycles. The molecule has 0 saturated carbocycles. The Kier molecular flexibility index (Phi) is 5.62. The van der Waals surface area contributed by atoms with Crippen LogP contribution in [0.15, 0.2) is 35.8 Å². The van der Waals surface area contributed by atoms with Gasteiger partial charge in [0, 0.05) is 22.7 Å². The summed E-state index contributed by atoms with van der Waals surface area (Å²) in [6, 6.07) is 7.63. The van der Waals surface area contributed by atoms with Crippen molar-refractivity contribution in [1.29, 1.82) is 0 Å². The van der Waals surface area contributed by atoms with Crippen molar-refractivity contribution in [2.45, 2.75) is 38.5 Å². The highest BCUT2D eigenvalue weighted by molar-refractivity contribution is 7.13. The molecule has 0 aliphatic heterocycles. The molecule has 0 spiro atoms. The molecule has 0 bridgehead atoms. The number of benzene rings is 1. The maximum atomic E-state index is 13.0. The Morgan fingerprint density at radius 2 is 1.93 bits per heavy atom. The first-order valence-corrected chi connectivity index (χ1v) is 10.4. The molecule has 6 nitrogen and oxygen atoms in total. The number of esters is 1. The lowest BCUT2D eigenvalue weighted by Gasteiger charge is -2.18. The van der Waals surface area contributed by atoms with E-state index in [2.05, 4.69) is 10.3 Å². The topological polar surface area (TPSA) is 81.2 Å². The van der Waals surface area contributed by atoms with Gasteiger partial charge in [-0.1, -0.05) is 31.0 Å². The number of hydrogen-bond donors (Lipinski definition) is 1.